The van der Waals surface area contributed by atoms with Crippen molar-refractivity contribution in [3.05, 3.63) is 83.2 Å². The Morgan fingerprint density at radius 1 is 1.12 bits per heavy atom. The van der Waals surface area contributed by atoms with E-state index in [0.717, 1.165) is 16.8 Å². The molecule has 0 bridgehead atoms. The average molecular weight is 452 g/mol. The number of hydrogen-bond donors (Lipinski definition) is 0. The van der Waals surface area contributed by atoms with Crippen LogP contribution in [0.2, 0.25) is 0 Å². The van der Waals surface area contributed by atoms with Crippen molar-refractivity contribution in [2.45, 2.75) is 29.5 Å². The summed E-state index contributed by atoms with van der Waals surface area (Å²) in [4.78, 5) is 46.0. The second-order valence-electron chi connectivity index (χ2n) is 7.34. The van der Waals surface area contributed by atoms with Crippen LogP contribution >= 0.6 is 11.8 Å². The van der Waals surface area contributed by atoms with Gasteiger partial charge in [0.2, 0.25) is 0 Å². The molecule has 4 rings (SSSR count). The number of esters is 2. The summed E-state index contributed by atoms with van der Waals surface area (Å²) in [6.07, 6.45) is 0.586. The number of benzene rings is 2. The molecule has 0 aliphatic carbocycles. The Morgan fingerprint density at radius 2 is 1.72 bits per heavy atom. The Hall–Kier alpha value is -3.35. The minimum Gasteiger partial charge on any atom is -0.448 e. The number of carbonyl (C=O) groups is 3. The zero-order chi connectivity index (χ0) is 22.8. The second kappa shape index (κ2) is 8.65. The molecule has 2 aromatic rings. The van der Waals surface area contributed by atoms with Gasteiger partial charge in [-0.1, -0.05) is 72.4 Å². The topological polar surface area (TPSA) is 86.5 Å². The standard InChI is InChI=1S/C23H20N2O6S/c1-24-22(32-2)15-29-25(20(22)27)23(14-13-18(26)31-23)21(28)30-19(16-9-5-3-6-10-16)17-11-7-4-8-12-17/h3-12,19H,13-15H2,2H3. The van der Waals surface area contributed by atoms with Crippen LogP contribution in [0.5, 0.6) is 0 Å². The summed E-state index contributed by atoms with van der Waals surface area (Å²) in [5.74, 6) is -2.34. The van der Waals surface area contributed by atoms with E-state index in [1.807, 2.05) is 60.7 Å². The quantitative estimate of drug-likeness (QED) is 0.492. The van der Waals surface area contributed by atoms with E-state index in [4.69, 9.17) is 20.9 Å². The summed E-state index contributed by atoms with van der Waals surface area (Å²) in [6, 6.07) is 18.2. The fourth-order valence-electron chi connectivity index (χ4n) is 3.69. The van der Waals surface area contributed by atoms with E-state index >= 15 is 0 Å². The smallest absolute Gasteiger partial charge is 0.381 e. The molecule has 2 aliphatic heterocycles. The number of cyclic esters (lactones) is 1. The highest BCUT2D eigenvalue weighted by Crippen LogP contribution is 2.42. The molecular formula is C23H20N2O6S. The maximum Gasteiger partial charge on any atom is 0.381 e. The molecule has 0 N–H and O–H groups in total. The number of hydrogen-bond acceptors (Lipinski definition) is 7. The molecule has 164 valence electrons. The third kappa shape index (κ3) is 3.61. The van der Waals surface area contributed by atoms with Gasteiger partial charge in [0.1, 0.15) is 0 Å². The molecule has 2 atom stereocenters. The zero-order valence-corrected chi connectivity index (χ0v) is 18.0. The van der Waals surface area contributed by atoms with Crippen LogP contribution in [0.1, 0.15) is 30.1 Å². The predicted octanol–water partition coefficient (Wildman–Crippen LogP) is 3.10. The molecule has 0 spiro atoms. The van der Waals surface area contributed by atoms with E-state index in [1.54, 1.807) is 6.26 Å². The van der Waals surface area contributed by atoms with Crippen LogP contribution in [0.15, 0.2) is 60.7 Å². The largest absolute Gasteiger partial charge is 0.448 e. The van der Waals surface area contributed by atoms with Crippen molar-refractivity contribution in [1.29, 1.82) is 0 Å². The van der Waals surface area contributed by atoms with Crippen LogP contribution in [0.25, 0.3) is 4.85 Å². The van der Waals surface area contributed by atoms with Crippen molar-refractivity contribution in [2.24, 2.45) is 0 Å². The lowest BCUT2D eigenvalue weighted by Crippen LogP contribution is -2.57. The van der Waals surface area contributed by atoms with E-state index in [-0.39, 0.29) is 19.4 Å². The van der Waals surface area contributed by atoms with Gasteiger partial charge in [-0.05, 0) is 17.4 Å². The third-order valence-corrected chi connectivity index (χ3v) is 6.51. The van der Waals surface area contributed by atoms with Crippen molar-refractivity contribution in [3.63, 3.8) is 0 Å². The van der Waals surface area contributed by atoms with Crippen molar-refractivity contribution in [1.82, 2.24) is 5.06 Å². The molecule has 2 unspecified atom stereocenters. The average Bonchev–Trinajstić information content (AvgIpc) is 3.39. The first-order chi connectivity index (χ1) is 15.5. The molecular weight excluding hydrogens is 432 g/mol. The number of carbonyl (C=O) groups excluding carboxylic acids is 3. The Bertz CT molecular complexity index is 1030. The summed E-state index contributed by atoms with van der Waals surface area (Å²) >= 11 is 1.01. The van der Waals surface area contributed by atoms with Crippen LogP contribution in [-0.4, -0.2) is 46.4 Å². The van der Waals surface area contributed by atoms with E-state index in [2.05, 4.69) is 4.85 Å². The highest BCUT2D eigenvalue weighted by atomic mass is 32.2. The van der Waals surface area contributed by atoms with Gasteiger partial charge in [0.15, 0.2) is 12.7 Å². The predicted molar refractivity (Wildman–Crippen MR) is 115 cm³/mol. The molecule has 8 nitrogen and oxygen atoms in total. The van der Waals surface area contributed by atoms with Gasteiger partial charge in [0.25, 0.3) is 0 Å². The molecule has 0 aromatic heterocycles. The van der Waals surface area contributed by atoms with Crippen molar-refractivity contribution in [3.8, 4) is 0 Å². The minimum atomic E-state index is -2.09. The molecule has 1 amide bonds. The number of nitrogens with zero attached hydrogens (tertiary/aromatic N) is 2. The van der Waals surface area contributed by atoms with Gasteiger partial charge < -0.3 is 9.47 Å². The molecule has 2 aliphatic rings. The maximum absolute atomic E-state index is 13.5. The summed E-state index contributed by atoms with van der Waals surface area (Å²) in [5.41, 5.74) is -0.669. The number of amides is 1. The molecule has 2 heterocycles. The first-order valence-corrected chi connectivity index (χ1v) is 11.1. The maximum atomic E-state index is 13.5. The van der Waals surface area contributed by atoms with Crippen molar-refractivity contribution < 1.29 is 28.7 Å². The van der Waals surface area contributed by atoms with Gasteiger partial charge in [-0.25, -0.2) is 11.4 Å². The Balaban J connectivity index is 1.70. The molecule has 0 radical (unpaired) electrons. The molecule has 32 heavy (non-hydrogen) atoms. The van der Waals surface area contributed by atoms with Crippen LogP contribution in [0.4, 0.5) is 0 Å². The van der Waals surface area contributed by atoms with Crippen molar-refractivity contribution in [2.75, 3.05) is 12.9 Å². The van der Waals surface area contributed by atoms with Crippen LogP contribution in [-0.2, 0) is 28.7 Å². The summed E-state index contributed by atoms with van der Waals surface area (Å²) in [7, 11) is 0. The fraction of sp³-hybridized carbons (Fsp3) is 0.304. The highest BCUT2D eigenvalue weighted by molar-refractivity contribution is 8.00. The monoisotopic (exact) mass is 452 g/mol. The number of hydroxylamine groups is 2. The lowest BCUT2D eigenvalue weighted by atomic mass is 10.0. The Morgan fingerprint density at radius 3 is 2.16 bits per heavy atom. The van der Waals surface area contributed by atoms with Crippen LogP contribution in [0, 0.1) is 6.57 Å². The number of ether oxygens (including phenoxy) is 2. The van der Waals surface area contributed by atoms with Crippen molar-refractivity contribution >= 4 is 29.6 Å². The Labute approximate surface area is 189 Å². The molecule has 2 aromatic carbocycles. The van der Waals surface area contributed by atoms with Crippen LogP contribution < -0.4 is 0 Å². The molecule has 2 saturated heterocycles. The van der Waals surface area contributed by atoms with Gasteiger partial charge in [0.05, 0.1) is 6.42 Å². The highest BCUT2D eigenvalue weighted by Gasteiger charge is 2.67. The SMILES string of the molecule is [C-]#[N+]C1(SC)CON(C2(C(=O)OC(c3ccccc3)c3ccccc3)CCC(=O)O2)C1=O. The molecule has 9 heteroatoms. The number of thioether (sulfide) groups is 1. The van der Waals surface area contributed by atoms with Gasteiger partial charge in [0, 0.05) is 6.42 Å². The second-order valence-corrected chi connectivity index (χ2v) is 8.42. The summed E-state index contributed by atoms with van der Waals surface area (Å²) in [5, 5.41) is 0.724. The lowest BCUT2D eigenvalue weighted by molar-refractivity contribution is -0.260. The van der Waals surface area contributed by atoms with Gasteiger partial charge in [-0.2, -0.15) is 5.06 Å². The molecule has 0 saturated carbocycles. The first-order valence-electron chi connectivity index (χ1n) is 9.90. The minimum absolute atomic E-state index is 0.0894. The van der Waals surface area contributed by atoms with E-state index in [9.17, 15) is 14.4 Å². The third-order valence-electron chi connectivity index (χ3n) is 5.45. The zero-order valence-electron chi connectivity index (χ0n) is 17.2. The van der Waals surface area contributed by atoms with E-state index < -0.39 is 34.5 Å². The Kier molecular flexibility index (Phi) is 5.91. The first kappa shape index (κ1) is 21.9. The normalized spacial score (nSPS) is 25.0. The van der Waals surface area contributed by atoms with Gasteiger partial charge >= 0.3 is 28.4 Å². The van der Waals surface area contributed by atoms with Gasteiger partial charge in [-0.3, -0.25) is 19.3 Å². The van der Waals surface area contributed by atoms with E-state index in [0.29, 0.717) is 11.1 Å². The van der Waals surface area contributed by atoms with E-state index in [1.165, 1.54) is 0 Å². The summed E-state index contributed by atoms with van der Waals surface area (Å²) < 4.78 is 11.3. The summed E-state index contributed by atoms with van der Waals surface area (Å²) in [6.45, 7) is 7.18. The number of rotatable bonds is 6. The fourth-order valence-corrected chi connectivity index (χ4v) is 4.21. The van der Waals surface area contributed by atoms with Crippen LogP contribution in [0.3, 0.4) is 0 Å². The van der Waals surface area contributed by atoms with Gasteiger partial charge in [-0.15, -0.1) is 0 Å². The molecule has 2 fully saturated rings. The lowest BCUT2D eigenvalue weighted by Gasteiger charge is -2.33.